The molecule has 2 rings (SSSR count). The van der Waals surface area contributed by atoms with Crippen LogP contribution in [0.25, 0.3) is 0 Å². The van der Waals surface area contributed by atoms with E-state index in [1.54, 1.807) is 6.92 Å². The van der Waals surface area contributed by atoms with E-state index in [2.05, 4.69) is 30.5 Å². The molecule has 0 atom stereocenters. The first-order chi connectivity index (χ1) is 8.67. The smallest absolute Gasteiger partial charge is 0.284 e. The molecule has 0 aliphatic rings. The van der Waals surface area contributed by atoms with Gasteiger partial charge in [0.25, 0.3) is 5.22 Å². The third kappa shape index (κ3) is 3.54. The van der Waals surface area contributed by atoms with Gasteiger partial charge in [-0.15, -0.1) is 10.2 Å². The molecule has 0 radical (unpaired) electrons. The number of nitrogens with zero attached hydrogens (tertiary/aromatic N) is 5. The van der Waals surface area contributed by atoms with Crippen molar-refractivity contribution in [2.75, 3.05) is 11.9 Å². The molecule has 2 heterocycles. The molecule has 0 saturated heterocycles. The van der Waals surface area contributed by atoms with E-state index in [0.717, 1.165) is 24.7 Å². The third-order valence-electron chi connectivity index (χ3n) is 1.81. The summed E-state index contributed by atoms with van der Waals surface area (Å²) < 4.78 is 5.23. The summed E-state index contributed by atoms with van der Waals surface area (Å²) in [5, 5.41) is 11.5. The van der Waals surface area contributed by atoms with Gasteiger partial charge in [0.2, 0.25) is 22.3 Å². The van der Waals surface area contributed by atoms with Gasteiger partial charge in [0.15, 0.2) is 0 Å². The number of aryl methyl sites for hydroxylation is 1. The molecule has 1 N–H and O–H groups in total. The van der Waals surface area contributed by atoms with Gasteiger partial charge in [0.05, 0.1) is 0 Å². The minimum atomic E-state index is 0.127. The van der Waals surface area contributed by atoms with Crippen LogP contribution in [0.15, 0.2) is 14.8 Å². The molecule has 18 heavy (non-hydrogen) atoms. The predicted octanol–water partition coefficient (Wildman–Crippen LogP) is 2.19. The molecule has 0 spiro atoms. The van der Waals surface area contributed by atoms with Crippen molar-refractivity contribution < 1.29 is 4.42 Å². The van der Waals surface area contributed by atoms with Crippen LogP contribution in [0.2, 0.25) is 5.28 Å². The maximum absolute atomic E-state index is 5.82. The van der Waals surface area contributed by atoms with Crippen LogP contribution in [0.3, 0.4) is 0 Å². The summed E-state index contributed by atoms with van der Waals surface area (Å²) in [5.74, 6) is 0.928. The normalized spacial score (nSPS) is 10.6. The van der Waals surface area contributed by atoms with Gasteiger partial charge >= 0.3 is 0 Å². The van der Waals surface area contributed by atoms with Crippen molar-refractivity contribution in [1.29, 1.82) is 0 Å². The van der Waals surface area contributed by atoms with E-state index in [9.17, 15) is 0 Å². The Morgan fingerprint density at radius 3 is 2.78 bits per heavy atom. The Bertz CT molecular complexity index is 534. The number of anilines is 1. The van der Waals surface area contributed by atoms with Gasteiger partial charge in [-0.2, -0.15) is 15.0 Å². The van der Waals surface area contributed by atoms with Crippen LogP contribution in [0.1, 0.15) is 19.2 Å². The molecule has 0 aromatic carbocycles. The molecule has 9 heteroatoms. The Hall–Kier alpha value is -1.41. The summed E-state index contributed by atoms with van der Waals surface area (Å²) in [6.07, 6.45) is 0.967. The average Bonchev–Trinajstić information content (AvgIpc) is 2.71. The molecule has 0 aliphatic heterocycles. The van der Waals surface area contributed by atoms with E-state index in [4.69, 9.17) is 16.0 Å². The molecule has 0 saturated carbocycles. The van der Waals surface area contributed by atoms with Gasteiger partial charge in [-0.05, 0) is 18.0 Å². The Morgan fingerprint density at radius 1 is 1.28 bits per heavy atom. The van der Waals surface area contributed by atoms with E-state index in [0.29, 0.717) is 22.2 Å². The average molecular weight is 287 g/mol. The van der Waals surface area contributed by atoms with Crippen LogP contribution in [0, 0.1) is 6.92 Å². The van der Waals surface area contributed by atoms with E-state index in [1.165, 1.54) is 0 Å². The van der Waals surface area contributed by atoms with Crippen molar-refractivity contribution in [3.05, 3.63) is 11.2 Å². The molecule has 0 amide bonds. The zero-order chi connectivity index (χ0) is 13.0. The Balaban J connectivity index is 2.14. The number of rotatable bonds is 5. The second-order valence-electron chi connectivity index (χ2n) is 3.33. The second kappa shape index (κ2) is 5.96. The largest absolute Gasteiger partial charge is 0.416 e. The lowest BCUT2D eigenvalue weighted by Crippen LogP contribution is -2.06. The molecule has 0 aliphatic carbocycles. The first-order valence-corrected chi connectivity index (χ1v) is 6.50. The highest BCUT2D eigenvalue weighted by Gasteiger charge is 2.10. The van der Waals surface area contributed by atoms with Crippen LogP contribution in [0.5, 0.6) is 0 Å². The van der Waals surface area contributed by atoms with Crippen LogP contribution in [0.4, 0.5) is 5.95 Å². The van der Waals surface area contributed by atoms with Crippen LogP contribution in [-0.2, 0) is 0 Å². The Kier molecular flexibility index (Phi) is 4.32. The van der Waals surface area contributed by atoms with Crippen molar-refractivity contribution in [2.45, 2.75) is 30.6 Å². The number of halogens is 1. The third-order valence-corrected chi connectivity index (χ3v) is 2.68. The van der Waals surface area contributed by atoms with Crippen molar-refractivity contribution in [3.8, 4) is 0 Å². The molecule has 2 aromatic rings. The zero-order valence-corrected chi connectivity index (χ0v) is 11.4. The van der Waals surface area contributed by atoms with E-state index in [-0.39, 0.29) is 5.28 Å². The molecule has 96 valence electrons. The quantitative estimate of drug-likeness (QED) is 0.894. The van der Waals surface area contributed by atoms with E-state index < -0.39 is 0 Å². The van der Waals surface area contributed by atoms with Gasteiger partial charge in [0, 0.05) is 25.2 Å². The molecule has 2 aromatic heterocycles. The number of hydrogen-bond donors (Lipinski definition) is 1. The fraction of sp³-hybridized carbons (Fsp3) is 0.444. The fourth-order valence-electron chi connectivity index (χ4n) is 1.09. The van der Waals surface area contributed by atoms with E-state index >= 15 is 0 Å². The lowest BCUT2D eigenvalue weighted by molar-refractivity contribution is 0.429. The first-order valence-electron chi connectivity index (χ1n) is 5.30. The van der Waals surface area contributed by atoms with Crippen molar-refractivity contribution in [2.24, 2.45) is 0 Å². The summed E-state index contributed by atoms with van der Waals surface area (Å²) in [6.45, 7) is 4.53. The molecule has 0 bridgehead atoms. The maximum atomic E-state index is 5.82. The van der Waals surface area contributed by atoms with Crippen molar-refractivity contribution >= 4 is 29.3 Å². The fourth-order valence-corrected chi connectivity index (χ4v) is 1.97. The minimum absolute atomic E-state index is 0.127. The van der Waals surface area contributed by atoms with Crippen LogP contribution >= 0.6 is 23.4 Å². The molecule has 7 nitrogen and oxygen atoms in total. The topological polar surface area (TPSA) is 89.6 Å². The number of aromatic nitrogens is 5. The first kappa shape index (κ1) is 13.0. The monoisotopic (exact) mass is 286 g/mol. The predicted molar refractivity (Wildman–Crippen MR) is 66.8 cm³/mol. The molecular weight excluding hydrogens is 276 g/mol. The SMILES string of the molecule is CCCNc1nc(Cl)nc(Sc2nnc(C)o2)n1. The van der Waals surface area contributed by atoms with Gasteiger partial charge in [-0.25, -0.2) is 0 Å². The van der Waals surface area contributed by atoms with Crippen molar-refractivity contribution in [1.82, 2.24) is 25.1 Å². The minimum Gasteiger partial charge on any atom is -0.416 e. The lowest BCUT2D eigenvalue weighted by atomic mass is 10.5. The summed E-state index contributed by atoms with van der Waals surface area (Å²) in [7, 11) is 0. The highest BCUT2D eigenvalue weighted by atomic mass is 35.5. The number of hydrogen-bond acceptors (Lipinski definition) is 8. The van der Waals surface area contributed by atoms with Crippen molar-refractivity contribution in [3.63, 3.8) is 0 Å². The summed E-state index contributed by atoms with van der Waals surface area (Å²) in [5.41, 5.74) is 0. The molecule has 0 unspecified atom stereocenters. The second-order valence-corrected chi connectivity index (χ2v) is 4.58. The van der Waals surface area contributed by atoms with Gasteiger partial charge in [-0.1, -0.05) is 6.92 Å². The van der Waals surface area contributed by atoms with Gasteiger partial charge < -0.3 is 9.73 Å². The zero-order valence-electron chi connectivity index (χ0n) is 9.84. The summed E-state index contributed by atoms with van der Waals surface area (Å²) >= 11 is 6.96. The Morgan fingerprint density at radius 2 is 2.11 bits per heavy atom. The number of nitrogens with one attached hydrogen (secondary N) is 1. The Labute approximate surface area is 113 Å². The highest BCUT2D eigenvalue weighted by molar-refractivity contribution is 7.98. The maximum Gasteiger partial charge on any atom is 0.284 e. The molecule has 0 fully saturated rings. The standard InChI is InChI=1S/C9H11ClN6OS/c1-3-4-11-7-12-6(10)13-8(14-7)18-9-16-15-5(2)17-9/h3-4H2,1-2H3,(H,11,12,13,14). The van der Waals surface area contributed by atoms with Crippen LogP contribution in [-0.4, -0.2) is 31.7 Å². The highest BCUT2D eigenvalue weighted by Crippen LogP contribution is 2.24. The van der Waals surface area contributed by atoms with Gasteiger partial charge in [0.1, 0.15) is 0 Å². The van der Waals surface area contributed by atoms with Crippen LogP contribution < -0.4 is 5.32 Å². The van der Waals surface area contributed by atoms with Gasteiger partial charge in [-0.3, -0.25) is 0 Å². The lowest BCUT2D eigenvalue weighted by Gasteiger charge is -2.03. The summed E-state index contributed by atoms with van der Waals surface area (Å²) in [6, 6.07) is 0. The van der Waals surface area contributed by atoms with E-state index in [1.807, 2.05) is 6.92 Å². The summed E-state index contributed by atoms with van der Waals surface area (Å²) in [4.78, 5) is 12.1. The molecular formula is C9H11ClN6OS.